The smallest absolute Gasteiger partial charge is 0.243 e. The molecule has 0 spiro atoms. The molecule has 0 atom stereocenters. The molecule has 24 heavy (non-hydrogen) atoms. The summed E-state index contributed by atoms with van der Waals surface area (Å²) in [6.07, 6.45) is 1.92. The van der Waals surface area contributed by atoms with E-state index in [4.69, 9.17) is 16.3 Å². The van der Waals surface area contributed by atoms with E-state index in [9.17, 15) is 13.2 Å². The summed E-state index contributed by atoms with van der Waals surface area (Å²) in [4.78, 5) is 14.0. The molecule has 0 N–H and O–H groups in total. The Labute approximate surface area is 147 Å². The van der Waals surface area contributed by atoms with Gasteiger partial charge in [-0.3, -0.25) is 4.79 Å². The number of ether oxygens (including phenoxy) is 1. The first-order valence-corrected chi connectivity index (χ1v) is 9.79. The molecular formula is C16H21ClN2O4S. The van der Waals surface area contributed by atoms with Gasteiger partial charge in [0.1, 0.15) is 5.75 Å². The molecule has 0 radical (unpaired) electrons. The second-order valence-corrected chi connectivity index (χ2v) is 8.57. The Morgan fingerprint density at radius 1 is 1.21 bits per heavy atom. The zero-order valence-electron chi connectivity index (χ0n) is 13.8. The standard InChI is InChI=1S/C16H21ClN2O4S/c1-11-9-14(23-2)13(17)10-15(11)24(21,22)19-7-5-18(6-8-19)16(20)12-3-4-12/h9-10,12H,3-8H2,1-2H3. The number of methoxy groups -OCH3 is 1. The maximum absolute atomic E-state index is 12.9. The van der Waals surface area contributed by atoms with Crippen LogP contribution in [0.3, 0.4) is 0 Å². The second kappa shape index (κ2) is 6.54. The third kappa shape index (κ3) is 3.25. The molecule has 1 heterocycles. The van der Waals surface area contributed by atoms with Gasteiger partial charge in [0, 0.05) is 32.1 Å². The first kappa shape index (κ1) is 17.5. The molecule has 8 heteroatoms. The van der Waals surface area contributed by atoms with Crippen molar-refractivity contribution in [2.24, 2.45) is 5.92 Å². The number of nitrogens with zero attached hydrogens (tertiary/aromatic N) is 2. The first-order chi connectivity index (χ1) is 11.3. The van der Waals surface area contributed by atoms with E-state index in [1.54, 1.807) is 17.9 Å². The Bertz CT molecular complexity index is 754. The number of carbonyl (C=O) groups is 1. The van der Waals surface area contributed by atoms with Gasteiger partial charge in [0.15, 0.2) is 0 Å². The van der Waals surface area contributed by atoms with E-state index in [0.717, 1.165) is 12.8 Å². The SMILES string of the molecule is COc1cc(C)c(S(=O)(=O)N2CCN(C(=O)C3CC3)CC2)cc1Cl. The van der Waals surface area contributed by atoms with E-state index in [1.807, 2.05) is 0 Å². The molecule has 3 rings (SSSR count). The van der Waals surface area contributed by atoms with Crippen molar-refractivity contribution in [1.29, 1.82) is 0 Å². The van der Waals surface area contributed by atoms with Gasteiger partial charge in [-0.15, -0.1) is 0 Å². The topological polar surface area (TPSA) is 66.9 Å². The highest BCUT2D eigenvalue weighted by Crippen LogP contribution is 2.33. The van der Waals surface area contributed by atoms with Crippen LogP contribution in [0.5, 0.6) is 5.75 Å². The Morgan fingerprint density at radius 2 is 1.83 bits per heavy atom. The number of amides is 1. The van der Waals surface area contributed by atoms with Crippen LogP contribution in [0.2, 0.25) is 5.02 Å². The molecule has 1 aromatic rings. The number of hydrogen-bond acceptors (Lipinski definition) is 4. The van der Waals surface area contributed by atoms with Gasteiger partial charge >= 0.3 is 0 Å². The Morgan fingerprint density at radius 3 is 2.38 bits per heavy atom. The number of sulfonamides is 1. The molecule has 1 aromatic carbocycles. The van der Waals surface area contributed by atoms with Crippen molar-refractivity contribution in [1.82, 2.24) is 9.21 Å². The maximum atomic E-state index is 12.9. The summed E-state index contributed by atoms with van der Waals surface area (Å²) in [5, 5.41) is 0.268. The highest BCUT2D eigenvalue weighted by atomic mass is 35.5. The molecule has 6 nitrogen and oxygen atoms in total. The van der Waals surface area contributed by atoms with E-state index >= 15 is 0 Å². The average molecular weight is 373 g/mol. The van der Waals surface area contributed by atoms with Crippen molar-refractivity contribution in [3.05, 3.63) is 22.7 Å². The predicted octanol–water partition coefficient (Wildman–Crippen LogP) is 1.90. The number of benzene rings is 1. The molecule has 1 aliphatic carbocycles. The molecule has 1 saturated carbocycles. The Balaban J connectivity index is 1.77. The van der Waals surface area contributed by atoms with Gasteiger partial charge in [0.25, 0.3) is 0 Å². The van der Waals surface area contributed by atoms with Crippen molar-refractivity contribution < 1.29 is 17.9 Å². The third-order valence-corrected chi connectivity index (χ3v) is 6.88. The molecule has 0 aromatic heterocycles. The number of rotatable bonds is 4. The number of hydrogen-bond donors (Lipinski definition) is 0. The summed E-state index contributed by atoms with van der Waals surface area (Å²) in [7, 11) is -2.15. The molecule has 1 saturated heterocycles. The van der Waals surface area contributed by atoms with Crippen LogP contribution in [0.25, 0.3) is 0 Å². The molecule has 1 aliphatic heterocycles. The lowest BCUT2D eigenvalue weighted by molar-refractivity contribution is -0.133. The van der Waals surface area contributed by atoms with Gasteiger partial charge in [-0.2, -0.15) is 4.31 Å². The monoisotopic (exact) mass is 372 g/mol. The fourth-order valence-corrected chi connectivity index (χ4v) is 4.91. The van der Waals surface area contributed by atoms with Crippen molar-refractivity contribution in [2.75, 3.05) is 33.3 Å². The summed E-state index contributed by atoms with van der Waals surface area (Å²) in [6, 6.07) is 3.06. The lowest BCUT2D eigenvalue weighted by atomic mass is 10.2. The molecule has 1 amide bonds. The van der Waals surface area contributed by atoms with Crippen LogP contribution >= 0.6 is 11.6 Å². The molecule has 2 aliphatic rings. The van der Waals surface area contributed by atoms with Gasteiger partial charge in [-0.1, -0.05) is 11.6 Å². The zero-order valence-corrected chi connectivity index (χ0v) is 15.4. The molecule has 2 fully saturated rings. The Kier molecular flexibility index (Phi) is 4.77. The fourth-order valence-electron chi connectivity index (χ4n) is 2.95. The van der Waals surface area contributed by atoms with Gasteiger partial charge < -0.3 is 9.64 Å². The quantitative estimate of drug-likeness (QED) is 0.809. The third-order valence-electron chi connectivity index (χ3n) is 4.54. The highest BCUT2D eigenvalue weighted by Gasteiger charge is 2.37. The van der Waals surface area contributed by atoms with Gasteiger partial charge in [0.05, 0.1) is 17.0 Å². The summed E-state index contributed by atoms with van der Waals surface area (Å²) in [5.41, 5.74) is 0.590. The van der Waals surface area contributed by atoms with E-state index in [2.05, 4.69) is 0 Å². The number of piperazine rings is 1. The largest absolute Gasteiger partial charge is 0.495 e. The minimum atomic E-state index is -3.64. The predicted molar refractivity (Wildman–Crippen MR) is 90.8 cm³/mol. The van der Waals surface area contributed by atoms with Crippen molar-refractivity contribution in [3.8, 4) is 5.75 Å². The van der Waals surface area contributed by atoms with Crippen LogP contribution in [0.15, 0.2) is 17.0 Å². The van der Waals surface area contributed by atoms with E-state index < -0.39 is 10.0 Å². The summed E-state index contributed by atoms with van der Waals surface area (Å²) in [5.74, 6) is 0.777. The lowest BCUT2D eigenvalue weighted by Gasteiger charge is -2.34. The van der Waals surface area contributed by atoms with Crippen molar-refractivity contribution in [2.45, 2.75) is 24.7 Å². The van der Waals surface area contributed by atoms with Crippen molar-refractivity contribution >= 4 is 27.5 Å². The van der Waals surface area contributed by atoms with Crippen LogP contribution in [-0.2, 0) is 14.8 Å². The van der Waals surface area contributed by atoms with Gasteiger partial charge in [-0.05, 0) is 37.5 Å². The van der Waals surface area contributed by atoms with Crippen molar-refractivity contribution in [3.63, 3.8) is 0 Å². The molecular weight excluding hydrogens is 352 g/mol. The maximum Gasteiger partial charge on any atom is 0.243 e. The molecule has 0 unspecified atom stereocenters. The summed E-state index contributed by atoms with van der Waals surface area (Å²) >= 11 is 6.09. The average Bonchev–Trinajstić information content (AvgIpc) is 3.41. The first-order valence-electron chi connectivity index (χ1n) is 7.97. The normalized spacial score (nSPS) is 19.4. The minimum absolute atomic E-state index is 0.163. The van der Waals surface area contributed by atoms with Crippen LogP contribution in [0.1, 0.15) is 18.4 Å². The molecule has 0 bridgehead atoms. The van der Waals surface area contributed by atoms with E-state index in [0.29, 0.717) is 37.5 Å². The van der Waals surface area contributed by atoms with Crippen LogP contribution < -0.4 is 4.74 Å². The number of halogens is 1. The highest BCUT2D eigenvalue weighted by molar-refractivity contribution is 7.89. The zero-order chi connectivity index (χ0) is 17.5. The van der Waals surface area contributed by atoms with Gasteiger partial charge in [-0.25, -0.2) is 8.42 Å². The van der Waals surface area contributed by atoms with E-state index in [-0.39, 0.29) is 21.7 Å². The summed E-state index contributed by atoms with van der Waals surface area (Å²) < 4.78 is 32.4. The van der Waals surface area contributed by atoms with Gasteiger partial charge in [0.2, 0.25) is 15.9 Å². The second-order valence-electron chi connectivity index (χ2n) is 6.26. The number of carbonyl (C=O) groups excluding carboxylic acids is 1. The number of aryl methyl sites for hydroxylation is 1. The fraction of sp³-hybridized carbons (Fsp3) is 0.562. The Hall–Kier alpha value is -1.31. The van der Waals surface area contributed by atoms with Crippen LogP contribution in [-0.4, -0.2) is 56.8 Å². The van der Waals surface area contributed by atoms with Crippen LogP contribution in [0, 0.1) is 12.8 Å². The lowest BCUT2D eigenvalue weighted by Crippen LogP contribution is -2.51. The molecule has 132 valence electrons. The summed E-state index contributed by atoms with van der Waals surface area (Å²) in [6.45, 7) is 3.22. The minimum Gasteiger partial charge on any atom is -0.495 e. The van der Waals surface area contributed by atoms with Crippen LogP contribution in [0.4, 0.5) is 0 Å². The van der Waals surface area contributed by atoms with E-state index in [1.165, 1.54) is 17.5 Å².